The van der Waals surface area contributed by atoms with Crippen LogP contribution in [-0.4, -0.2) is 46.0 Å². The fraction of sp³-hybridized carbons (Fsp3) is 0.353. The average Bonchev–Trinajstić information content (AvgIpc) is 2.76. The summed E-state index contributed by atoms with van der Waals surface area (Å²) in [5, 5.41) is 10.6. The Balaban J connectivity index is 1.92. The van der Waals surface area contributed by atoms with E-state index in [2.05, 4.69) is 4.98 Å². The number of amides is 1. The molecule has 0 aliphatic carbocycles. The standard InChI is InChI=1S/C17H18ClN3O3/c18-13-3-1-2-10-5-7-14(20-15(10)13)16(22)21-8-11(17(23)24)4-6-12(19)9-21/h1-3,5,7,11-12H,4,6,8-9,19H2,(H,23,24)/t11-,12+/m0/s1. The van der Waals surface area contributed by atoms with Crippen molar-refractivity contribution in [2.45, 2.75) is 18.9 Å². The second kappa shape index (κ2) is 6.75. The predicted octanol–water partition coefficient (Wildman–Crippen LogP) is 2.15. The van der Waals surface area contributed by atoms with Crippen LogP contribution in [0.25, 0.3) is 10.9 Å². The fourth-order valence-corrected chi connectivity index (χ4v) is 3.20. The summed E-state index contributed by atoms with van der Waals surface area (Å²) >= 11 is 6.15. The van der Waals surface area contributed by atoms with Crippen LogP contribution in [0.15, 0.2) is 30.3 Å². The van der Waals surface area contributed by atoms with Gasteiger partial charge in [0.1, 0.15) is 5.69 Å². The van der Waals surface area contributed by atoms with Crippen molar-refractivity contribution in [1.29, 1.82) is 0 Å². The Bertz CT molecular complexity index is 796. The van der Waals surface area contributed by atoms with Crippen LogP contribution in [0.3, 0.4) is 0 Å². The Morgan fingerprint density at radius 3 is 2.75 bits per heavy atom. The van der Waals surface area contributed by atoms with Gasteiger partial charge in [-0.1, -0.05) is 29.8 Å². The number of aromatic nitrogens is 1. The lowest BCUT2D eigenvalue weighted by atomic mass is 10.0. The zero-order valence-corrected chi connectivity index (χ0v) is 13.7. The molecule has 126 valence electrons. The quantitative estimate of drug-likeness (QED) is 0.867. The molecule has 1 aromatic heterocycles. The number of nitrogens with zero attached hydrogens (tertiary/aromatic N) is 2. The number of carbonyl (C=O) groups excluding carboxylic acids is 1. The van der Waals surface area contributed by atoms with E-state index in [9.17, 15) is 14.7 Å². The van der Waals surface area contributed by atoms with Crippen molar-refractivity contribution in [2.24, 2.45) is 11.7 Å². The smallest absolute Gasteiger partial charge is 0.308 e. The van der Waals surface area contributed by atoms with Crippen molar-refractivity contribution in [1.82, 2.24) is 9.88 Å². The molecular weight excluding hydrogens is 330 g/mol. The maximum atomic E-state index is 12.8. The Hall–Kier alpha value is -2.18. The molecule has 0 unspecified atom stereocenters. The van der Waals surface area contributed by atoms with Gasteiger partial charge in [0.05, 0.1) is 16.5 Å². The van der Waals surface area contributed by atoms with E-state index in [0.29, 0.717) is 29.9 Å². The first-order valence-electron chi connectivity index (χ1n) is 7.78. The van der Waals surface area contributed by atoms with Crippen LogP contribution in [0.4, 0.5) is 0 Å². The van der Waals surface area contributed by atoms with Crippen molar-refractivity contribution in [3.8, 4) is 0 Å². The van der Waals surface area contributed by atoms with E-state index in [1.807, 2.05) is 12.1 Å². The molecule has 1 fully saturated rings. The van der Waals surface area contributed by atoms with E-state index in [1.54, 1.807) is 18.2 Å². The number of hydrogen-bond donors (Lipinski definition) is 2. The highest BCUT2D eigenvalue weighted by atomic mass is 35.5. The summed E-state index contributed by atoms with van der Waals surface area (Å²) in [6, 6.07) is 8.58. The average molecular weight is 348 g/mol. The van der Waals surface area contributed by atoms with Gasteiger partial charge in [-0.05, 0) is 25.0 Å². The zero-order valence-electron chi connectivity index (χ0n) is 13.0. The number of aliphatic carboxylic acids is 1. The molecule has 3 rings (SSSR count). The first-order chi connectivity index (χ1) is 11.5. The van der Waals surface area contributed by atoms with Crippen LogP contribution in [0.2, 0.25) is 5.02 Å². The van der Waals surface area contributed by atoms with Gasteiger partial charge in [0.25, 0.3) is 5.91 Å². The monoisotopic (exact) mass is 347 g/mol. The number of fused-ring (bicyclic) bond motifs is 1. The number of rotatable bonds is 2. The lowest BCUT2D eigenvalue weighted by molar-refractivity contribution is -0.142. The van der Waals surface area contributed by atoms with Gasteiger partial charge in [-0.2, -0.15) is 0 Å². The molecule has 7 heteroatoms. The molecule has 0 saturated carbocycles. The molecular formula is C17H18ClN3O3. The molecule has 0 radical (unpaired) electrons. The Morgan fingerprint density at radius 2 is 2.00 bits per heavy atom. The molecule has 2 atom stereocenters. The minimum atomic E-state index is -0.906. The second-order valence-corrected chi connectivity index (χ2v) is 6.50. The van der Waals surface area contributed by atoms with Crippen LogP contribution in [0.1, 0.15) is 23.3 Å². The molecule has 6 nitrogen and oxygen atoms in total. The van der Waals surface area contributed by atoms with Crippen LogP contribution < -0.4 is 5.73 Å². The first kappa shape index (κ1) is 16.7. The number of pyridine rings is 1. The summed E-state index contributed by atoms with van der Waals surface area (Å²) in [6.07, 6.45) is 1.05. The number of likely N-dealkylation sites (tertiary alicyclic amines) is 1. The van der Waals surface area contributed by atoms with Crippen LogP contribution in [0.5, 0.6) is 0 Å². The third-order valence-corrected chi connectivity index (χ3v) is 4.61. The molecule has 2 heterocycles. The number of hydrogen-bond acceptors (Lipinski definition) is 4. The normalized spacial score (nSPS) is 21.5. The van der Waals surface area contributed by atoms with Crippen molar-refractivity contribution < 1.29 is 14.7 Å². The largest absolute Gasteiger partial charge is 0.481 e. The lowest BCUT2D eigenvalue weighted by Crippen LogP contribution is -2.41. The Morgan fingerprint density at radius 1 is 1.21 bits per heavy atom. The van der Waals surface area contributed by atoms with Gasteiger partial charge in [-0.25, -0.2) is 4.98 Å². The summed E-state index contributed by atoms with van der Waals surface area (Å²) in [6.45, 7) is 0.467. The number of benzene rings is 1. The molecule has 2 aromatic rings. The summed E-state index contributed by atoms with van der Waals surface area (Å²) in [7, 11) is 0. The van der Waals surface area contributed by atoms with Crippen molar-refractivity contribution in [3.05, 3.63) is 41.0 Å². The molecule has 1 amide bonds. The number of nitrogens with two attached hydrogens (primary N) is 1. The SMILES string of the molecule is N[C@@H]1CC[C@H](C(=O)O)CN(C(=O)c2ccc3cccc(Cl)c3n2)C1. The van der Waals surface area contributed by atoms with Gasteiger partial charge in [-0.3, -0.25) is 9.59 Å². The van der Waals surface area contributed by atoms with Gasteiger partial charge in [-0.15, -0.1) is 0 Å². The fourth-order valence-electron chi connectivity index (χ4n) is 2.98. The van der Waals surface area contributed by atoms with E-state index in [0.717, 1.165) is 5.39 Å². The number of para-hydroxylation sites is 1. The van der Waals surface area contributed by atoms with Gasteiger partial charge in [0, 0.05) is 24.5 Å². The molecule has 1 aliphatic rings. The maximum Gasteiger partial charge on any atom is 0.308 e. The summed E-state index contributed by atoms with van der Waals surface area (Å²) in [5.41, 5.74) is 6.79. The van der Waals surface area contributed by atoms with Gasteiger partial charge < -0.3 is 15.7 Å². The van der Waals surface area contributed by atoms with Gasteiger partial charge in [0.15, 0.2) is 0 Å². The van der Waals surface area contributed by atoms with E-state index < -0.39 is 11.9 Å². The minimum absolute atomic E-state index is 0.143. The molecule has 0 spiro atoms. The predicted molar refractivity (Wildman–Crippen MR) is 91.0 cm³/mol. The number of carboxylic acids is 1. The minimum Gasteiger partial charge on any atom is -0.481 e. The van der Waals surface area contributed by atoms with E-state index >= 15 is 0 Å². The first-order valence-corrected chi connectivity index (χ1v) is 8.16. The summed E-state index contributed by atoms with van der Waals surface area (Å²) in [5.74, 6) is -1.83. The van der Waals surface area contributed by atoms with Gasteiger partial charge >= 0.3 is 5.97 Å². The van der Waals surface area contributed by atoms with Gasteiger partial charge in [0.2, 0.25) is 0 Å². The molecule has 1 aliphatic heterocycles. The summed E-state index contributed by atoms with van der Waals surface area (Å²) < 4.78 is 0. The third kappa shape index (κ3) is 3.34. The topological polar surface area (TPSA) is 96.5 Å². The van der Waals surface area contributed by atoms with Crippen molar-refractivity contribution in [3.63, 3.8) is 0 Å². The van der Waals surface area contributed by atoms with E-state index in [1.165, 1.54) is 4.90 Å². The van der Waals surface area contributed by atoms with Crippen LogP contribution >= 0.6 is 11.6 Å². The lowest BCUT2D eigenvalue weighted by Gasteiger charge is -2.24. The number of carboxylic acid groups (broad SMARTS) is 1. The van der Waals surface area contributed by atoms with Crippen LogP contribution in [0, 0.1) is 5.92 Å². The zero-order chi connectivity index (χ0) is 17.3. The second-order valence-electron chi connectivity index (χ2n) is 6.09. The van der Waals surface area contributed by atoms with Crippen LogP contribution in [-0.2, 0) is 4.79 Å². The number of carbonyl (C=O) groups is 2. The van der Waals surface area contributed by atoms with Crippen molar-refractivity contribution in [2.75, 3.05) is 13.1 Å². The molecule has 24 heavy (non-hydrogen) atoms. The van der Waals surface area contributed by atoms with Crippen molar-refractivity contribution >= 4 is 34.4 Å². The third-order valence-electron chi connectivity index (χ3n) is 4.31. The Labute approximate surface area is 144 Å². The summed E-state index contributed by atoms with van der Waals surface area (Å²) in [4.78, 5) is 30.0. The molecule has 1 saturated heterocycles. The van der Waals surface area contributed by atoms with E-state index in [4.69, 9.17) is 17.3 Å². The maximum absolute atomic E-state index is 12.8. The highest BCUT2D eigenvalue weighted by molar-refractivity contribution is 6.35. The molecule has 3 N–H and O–H groups in total. The number of halogens is 1. The Kier molecular flexibility index (Phi) is 4.69. The highest BCUT2D eigenvalue weighted by Crippen LogP contribution is 2.23. The highest BCUT2D eigenvalue weighted by Gasteiger charge is 2.30. The molecule has 0 bridgehead atoms. The molecule has 1 aromatic carbocycles. The van der Waals surface area contributed by atoms with E-state index in [-0.39, 0.29) is 24.2 Å².